The normalized spacial score (nSPS) is 16.7. The fourth-order valence-corrected chi connectivity index (χ4v) is 3.02. The fraction of sp³-hybridized carbons (Fsp3) is 0.389. The number of hydrogen-bond acceptors (Lipinski definition) is 4. The second-order valence-electron chi connectivity index (χ2n) is 6.10. The van der Waals surface area contributed by atoms with E-state index >= 15 is 0 Å². The number of nitrogens with one attached hydrogen (secondary N) is 2. The molecule has 1 unspecified atom stereocenters. The van der Waals surface area contributed by atoms with Crippen LogP contribution in [-0.4, -0.2) is 45.9 Å². The van der Waals surface area contributed by atoms with Crippen LogP contribution in [0.25, 0.3) is 0 Å². The average molecular weight is 378 g/mol. The van der Waals surface area contributed by atoms with Crippen LogP contribution in [0.15, 0.2) is 36.7 Å². The number of anilines is 1. The molecular weight excluding hydrogens is 354 g/mol. The summed E-state index contributed by atoms with van der Waals surface area (Å²) in [5, 5.41) is 6.13. The predicted molar refractivity (Wildman–Crippen MR) is 102 cm³/mol. The molecule has 140 valence electrons. The van der Waals surface area contributed by atoms with E-state index in [0.29, 0.717) is 30.8 Å². The Morgan fingerprint density at radius 2 is 2.19 bits per heavy atom. The number of rotatable bonds is 4. The molecule has 3 rings (SSSR count). The van der Waals surface area contributed by atoms with Crippen molar-refractivity contribution >= 4 is 29.9 Å². The molecule has 2 amide bonds. The van der Waals surface area contributed by atoms with Crippen molar-refractivity contribution in [2.45, 2.75) is 19.4 Å². The van der Waals surface area contributed by atoms with Gasteiger partial charge in [0.15, 0.2) is 0 Å². The average Bonchev–Trinajstić information content (AvgIpc) is 3.07. The van der Waals surface area contributed by atoms with Crippen LogP contribution in [0.5, 0.6) is 0 Å². The number of hydrogen-bond donors (Lipinski definition) is 2. The van der Waals surface area contributed by atoms with Crippen molar-refractivity contribution in [3.05, 3.63) is 48.0 Å². The summed E-state index contributed by atoms with van der Waals surface area (Å²) in [6.45, 7) is 3.83. The first-order valence-electron chi connectivity index (χ1n) is 8.49. The van der Waals surface area contributed by atoms with Crippen LogP contribution in [0.3, 0.4) is 0 Å². The van der Waals surface area contributed by atoms with Gasteiger partial charge in [-0.2, -0.15) is 0 Å². The van der Waals surface area contributed by atoms with Crippen LogP contribution in [0.1, 0.15) is 35.6 Å². The minimum Gasteiger partial charge on any atom is -0.336 e. The largest absolute Gasteiger partial charge is 0.336 e. The lowest BCUT2D eigenvalue weighted by molar-refractivity contribution is -0.115. The Labute approximate surface area is 159 Å². The molecule has 0 radical (unpaired) electrons. The number of carbonyl (C=O) groups excluding carboxylic acids is 2. The molecule has 0 saturated carbocycles. The van der Waals surface area contributed by atoms with Gasteiger partial charge >= 0.3 is 0 Å². The molecule has 1 aliphatic heterocycles. The lowest BCUT2D eigenvalue weighted by Gasteiger charge is -2.35. The Hall–Kier alpha value is -2.38. The lowest BCUT2D eigenvalue weighted by atomic mass is 10.1. The number of aryl methyl sites for hydroxylation is 1. The molecule has 2 heterocycles. The number of imidazole rings is 1. The van der Waals surface area contributed by atoms with Gasteiger partial charge in [0.25, 0.3) is 5.91 Å². The number of carbonyl (C=O) groups is 2. The van der Waals surface area contributed by atoms with E-state index in [4.69, 9.17) is 0 Å². The van der Waals surface area contributed by atoms with Gasteiger partial charge in [0.05, 0.1) is 0 Å². The molecule has 7 nitrogen and oxygen atoms in total. The number of aromatic nitrogens is 2. The predicted octanol–water partition coefficient (Wildman–Crippen LogP) is 1.98. The minimum absolute atomic E-state index is 0. The third kappa shape index (κ3) is 4.23. The zero-order chi connectivity index (χ0) is 17.8. The third-order valence-electron chi connectivity index (χ3n) is 4.38. The van der Waals surface area contributed by atoms with Crippen LogP contribution in [-0.2, 0) is 11.8 Å². The maximum atomic E-state index is 13.1. The number of piperazine rings is 1. The van der Waals surface area contributed by atoms with Crippen molar-refractivity contribution in [1.29, 1.82) is 0 Å². The Bertz CT molecular complexity index is 776. The van der Waals surface area contributed by atoms with E-state index < -0.39 is 0 Å². The molecule has 1 atom stereocenters. The van der Waals surface area contributed by atoms with Gasteiger partial charge in [0.2, 0.25) is 5.91 Å². The molecule has 0 aliphatic carbocycles. The smallest absolute Gasteiger partial charge is 0.254 e. The van der Waals surface area contributed by atoms with Gasteiger partial charge in [-0.15, -0.1) is 12.4 Å². The molecule has 0 spiro atoms. The van der Waals surface area contributed by atoms with E-state index in [2.05, 4.69) is 15.6 Å². The van der Waals surface area contributed by atoms with E-state index in [0.717, 1.165) is 12.4 Å². The molecular formula is C18H24ClN5O2. The number of benzene rings is 1. The second kappa shape index (κ2) is 8.82. The van der Waals surface area contributed by atoms with Gasteiger partial charge in [0.1, 0.15) is 11.9 Å². The molecule has 1 saturated heterocycles. The van der Waals surface area contributed by atoms with Crippen LogP contribution in [0.2, 0.25) is 0 Å². The van der Waals surface area contributed by atoms with E-state index in [-0.39, 0.29) is 30.3 Å². The Balaban J connectivity index is 0.00000243. The molecule has 2 aromatic rings. The van der Waals surface area contributed by atoms with Crippen molar-refractivity contribution in [2.75, 3.05) is 25.0 Å². The highest BCUT2D eigenvalue weighted by atomic mass is 35.5. The topological polar surface area (TPSA) is 79.3 Å². The molecule has 8 heteroatoms. The van der Waals surface area contributed by atoms with Gasteiger partial charge in [-0.05, 0) is 18.2 Å². The summed E-state index contributed by atoms with van der Waals surface area (Å²) in [6.07, 6.45) is 4.03. The summed E-state index contributed by atoms with van der Waals surface area (Å²) in [5.74, 6) is 0.732. The van der Waals surface area contributed by atoms with Crippen molar-refractivity contribution < 1.29 is 9.59 Å². The summed E-state index contributed by atoms with van der Waals surface area (Å²) in [5.41, 5.74) is 1.20. The van der Waals surface area contributed by atoms with Gasteiger partial charge in [0, 0.05) is 56.7 Å². The van der Waals surface area contributed by atoms with Gasteiger partial charge in [-0.3, -0.25) is 9.59 Å². The molecule has 26 heavy (non-hydrogen) atoms. The number of amides is 2. The zero-order valence-electron chi connectivity index (χ0n) is 14.9. The van der Waals surface area contributed by atoms with Crippen molar-refractivity contribution in [3.63, 3.8) is 0 Å². The number of halogens is 1. The highest BCUT2D eigenvalue weighted by Gasteiger charge is 2.31. The van der Waals surface area contributed by atoms with Crippen molar-refractivity contribution in [2.24, 2.45) is 7.05 Å². The monoisotopic (exact) mass is 377 g/mol. The summed E-state index contributed by atoms with van der Waals surface area (Å²) < 4.78 is 1.94. The molecule has 0 bridgehead atoms. The van der Waals surface area contributed by atoms with Crippen LogP contribution < -0.4 is 10.6 Å². The van der Waals surface area contributed by atoms with Crippen LogP contribution >= 0.6 is 12.4 Å². The van der Waals surface area contributed by atoms with Gasteiger partial charge in [-0.1, -0.05) is 13.0 Å². The van der Waals surface area contributed by atoms with Crippen molar-refractivity contribution in [3.8, 4) is 0 Å². The first-order valence-corrected chi connectivity index (χ1v) is 8.49. The summed E-state index contributed by atoms with van der Waals surface area (Å²) in [6, 6.07) is 6.97. The standard InChI is InChI=1S/C18H23N5O2.ClH/c1-3-16(24)21-14-6-4-5-13(11-14)18(25)23-10-7-19-12-15(23)17-20-8-9-22(17)2;/h4-6,8-9,11,15,19H,3,7,10,12H2,1-2H3,(H,21,24);1H. The van der Waals surface area contributed by atoms with E-state index in [1.807, 2.05) is 22.7 Å². The van der Waals surface area contributed by atoms with Gasteiger partial charge in [-0.25, -0.2) is 4.98 Å². The Morgan fingerprint density at radius 3 is 2.88 bits per heavy atom. The molecule has 1 aliphatic rings. The van der Waals surface area contributed by atoms with Crippen LogP contribution in [0, 0.1) is 0 Å². The zero-order valence-corrected chi connectivity index (χ0v) is 15.8. The highest BCUT2D eigenvalue weighted by Crippen LogP contribution is 2.23. The maximum absolute atomic E-state index is 13.1. The Kier molecular flexibility index (Phi) is 6.76. The first-order chi connectivity index (χ1) is 12.1. The summed E-state index contributed by atoms with van der Waals surface area (Å²) >= 11 is 0. The Morgan fingerprint density at radius 1 is 1.38 bits per heavy atom. The first kappa shape index (κ1) is 19.9. The highest BCUT2D eigenvalue weighted by molar-refractivity contribution is 5.97. The minimum atomic E-state index is -0.116. The second-order valence-corrected chi connectivity index (χ2v) is 6.10. The molecule has 1 fully saturated rings. The van der Waals surface area contributed by atoms with Crippen molar-refractivity contribution in [1.82, 2.24) is 19.8 Å². The maximum Gasteiger partial charge on any atom is 0.254 e. The summed E-state index contributed by atoms with van der Waals surface area (Å²) in [4.78, 5) is 30.9. The quantitative estimate of drug-likeness (QED) is 0.853. The van der Waals surface area contributed by atoms with E-state index in [1.165, 1.54) is 0 Å². The molecule has 1 aromatic carbocycles. The van der Waals surface area contributed by atoms with Crippen LogP contribution in [0.4, 0.5) is 5.69 Å². The fourth-order valence-electron chi connectivity index (χ4n) is 3.02. The lowest BCUT2D eigenvalue weighted by Crippen LogP contribution is -2.49. The van der Waals surface area contributed by atoms with Gasteiger partial charge < -0.3 is 20.1 Å². The number of nitrogens with zero attached hydrogens (tertiary/aromatic N) is 3. The van der Waals surface area contributed by atoms with E-state index in [9.17, 15) is 9.59 Å². The van der Waals surface area contributed by atoms with E-state index in [1.54, 1.807) is 37.4 Å². The molecule has 1 aromatic heterocycles. The summed E-state index contributed by atoms with van der Waals surface area (Å²) in [7, 11) is 1.93. The third-order valence-corrected chi connectivity index (χ3v) is 4.38. The molecule has 2 N–H and O–H groups in total. The SMILES string of the molecule is CCC(=O)Nc1cccc(C(=O)N2CCNCC2c2nccn2C)c1.Cl.